The van der Waals surface area contributed by atoms with Gasteiger partial charge in [0.25, 0.3) is 0 Å². The van der Waals surface area contributed by atoms with E-state index < -0.39 is 0 Å². The Hall–Kier alpha value is -0.220. The van der Waals surface area contributed by atoms with E-state index in [0.29, 0.717) is 5.25 Å². The number of carbonyl (C=O) groups is 1. The Kier molecular flexibility index (Phi) is 5.58. The molecule has 0 radical (unpaired) electrons. The molecule has 110 valence electrons. The Labute approximate surface area is 120 Å². The van der Waals surface area contributed by atoms with Crippen molar-refractivity contribution in [2.75, 3.05) is 19.5 Å². The standard InChI is InChI=1S/C15H26O3S/c1-12(14(16)17-2)11-19-13-6-9-18-15(10-13)7-4-3-5-8-15/h12-13H,3-11H2,1-2H3. The van der Waals surface area contributed by atoms with Gasteiger partial charge in [-0.1, -0.05) is 26.2 Å². The van der Waals surface area contributed by atoms with Crippen LogP contribution >= 0.6 is 11.8 Å². The predicted octanol–water partition coefficient (Wildman–Crippen LogP) is 3.41. The first kappa shape index (κ1) is 15.2. The van der Waals surface area contributed by atoms with Crippen molar-refractivity contribution in [3.05, 3.63) is 0 Å². The molecule has 2 atom stereocenters. The number of rotatable bonds is 4. The molecule has 0 aromatic carbocycles. The van der Waals surface area contributed by atoms with E-state index in [1.807, 2.05) is 18.7 Å². The van der Waals surface area contributed by atoms with Gasteiger partial charge in [-0.05, 0) is 25.7 Å². The maximum Gasteiger partial charge on any atom is 0.309 e. The van der Waals surface area contributed by atoms with E-state index in [-0.39, 0.29) is 17.5 Å². The van der Waals surface area contributed by atoms with Gasteiger partial charge in [-0.2, -0.15) is 11.8 Å². The van der Waals surface area contributed by atoms with Crippen molar-refractivity contribution in [3.63, 3.8) is 0 Å². The highest BCUT2D eigenvalue weighted by Crippen LogP contribution is 2.41. The molecular weight excluding hydrogens is 260 g/mol. The van der Waals surface area contributed by atoms with Crippen LogP contribution in [0.3, 0.4) is 0 Å². The van der Waals surface area contributed by atoms with Crippen LogP contribution in [0.25, 0.3) is 0 Å². The summed E-state index contributed by atoms with van der Waals surface area (Å²) in [6.45, 7) is 2.85. The number of carbonyl (C=O) groups excluding carboxylic acids is 1. The number of thioether (sulfide) groups is 1. The van der Waals surface area contributed by atoms with Gasteiger partial charge in [-0.3, -0.25) is 4.79 Å². The van der Waals surface area contributed by atoms with Gasteiger partial charge in [-0.25, -0.2) is 0 Å². The Morgan fingerprint density at radius 2 is 2.16 bits per heavy atom. The minimum Gasteiger partial charge on any atom is -0.469 e. The Bertz CT molecular complexity index is 294. The lowest BCUT2D eigenvalue weighted by molar-refractivity contribution is -0.143. The molecule has 1 spiro atoms. The number of esters is 1. The molecule has 19 heavy (non-hydrogen) atoms. The van der Waals surface area contributed by atoms with Crippen LogP contribution in [0, 0.1) is 5.92 Å². The summed E-state index contributed by atoms with van der Waals surface area (Å²) < 4.78 is 10.9. The van der Waals surface area contributed by atoms with Crippen LogP contribution in [0.15, 0.2) is 0 Å². The zero-order chi connectivity index (χ0) is 13.7. The van der Waals surface area contributed by atoms with Crippen molar-refractivity contribution in [3.8, 4) is 0 Å². The average Bonchev–Trinajstić information content (AvgIpc) is 2.45. The summed E-state index contributed by atoms with van der Waals surface area (Å²) in [6, 6.07) is 0. The Morgan fingerprint density at radius 1 is 1.42 bits per heavy atom. The van der Waals surface area contributed by atoms with Gasteiger partial charge in [0.05, 0.1) is 18.6 Å². The molecule has 3 nitrogen and oxygen atoms in total. The summed E-state index contributed by atoms with van der Waals surface area (Å²) >= 11 is 1.94. The van der Waals surface area contributed by atoms with Crippen molar-refractivity contribution in [1.29, 1.82) is 0 Å². The summed E-state index contributed by atoms with van der Waals surface area (Å²) in [5.74, 6) is 0.778. The van der Waals surface area contributed by atoms with Gasteiger partial charge in [-0.15, -0.1) is 0 Å². The van der Waals surface area contributed by atoms with Gasteiger partial charge in [0.15, 0.2) is 0 Å². The topological polar surface area (TPSA) is 35.5 Å². The van der Waals surface area contributed by atoms with Crippen LogP contribution in [0.4, 0.5) is 0 Å². The van der Waals surface area contributed by atoms with Gasteiger partial charge in [0.2, 0.25) is 0 Å². The number of hydrogen-bond donors (Lipinski definition) is 0. The lowest BCUT2D eigenvalue weighted by Gasteiger charge is -2.43. The van der Waals surface area contributed by atoms with Crippen molar-refractivity contribution in [2.24, 2.45) is 5.92 Å². The molecule has 2 unspecified atom stereocenters. The minimum atomic E-state index is -0.0908. The molecule has 1 aliphatic carbocycles. The average molecular weight is 286 g/mol. The molecule has 0 bridgehead atoms. The van der Waals surface area contributed by atoms with Gasteiger partial charge in [0, 0.05) is 17.6 Å². The summed E-state index contributed by atoms with van der Waals surface area (Å²) in [4.78, 5) is 11.4. The first-order valence-corrected chi connectivity index (χ1v) is 8.53. The molecular formula is C15H26O3S. The molecule has 2 rings (SSSR count). The largest absolute Gasteiger partial charge is 0.469 e. The number of methoxy groups -OCH3 is 1. The van der Waals surface area contributed by atoms with Crippen LogP contribution in [-0.4, -0.2) is 36.3 Å². The molecule has 1 aliphatic heterocycles. The maximum atomic E-state index is 11.4. The maximum absolute atomic E-state index is 11.4. The SMILES string of the molecule is COC(=O)C(C)CSC1CCOC2(CCCCC2)C1. The minimum absolute atomic E-state index is 0.000140. The van der Waals surface area contributed by atoms with Crippen LogP contribution in [0.1, 0.15) is 51.9 Å². The van der Waals surface area contributed by atoms with Crippen molar-refractivity contribution in [2.45, 2.75) is 62.7 Å². The monoisotopic (exact) mass is 286 g/mol. The molecule has 0 N–H and O–H groups in total. The van der Waals surface area contributed by atoms with E-state index in [2.05, 4.69) is 0 Å². The van der Waals surface area contributed by atoms with Gasteiger partial charge in [0.1, 0.15) is 0 Å². The molecule has 4 heteroatoms. The molecule has 0 amide bonds. The first-order chi connectivity index (χ1) is 9.15. The molecule has 0 aromatic heterocycles. The number of ether oxygens (including phenoxy) is 2. The van der Waals surface area contributed by atoms with Crippen LogP contribution in [0.5, 0.6) is 0 Å². The van der Waals surface area contributed by atoms with Gasteiger partial charge < -0.3 is 9.47 Å². The summed E-state index contributed by atoms with van der Waals surface area (Å²) in [5.41, 5.74) is 0.169. The normalized spacial score (nSPS) is 28.0. The summed E-state index contributed by atoms with van der Waals surface area (Å²) in [6.07, 6.45) is 8.76. The van der Waals surface area contributed by atoms with Crippen LogP contribution in [0.2, 0.25) is 0 Å². The highest BCUT2D eigenvalue weighted by molar-refractivity contribution is 7.99. The lowest BCUT2D eigenvalue weighted by Crippen LogP contribution is -2.42. The smallest absolute Gasteiger partial charge is 0.309 e. The highest BCUT2D eigenvalue weighted by atomic mass is 32.2. The molecule has 1 saturated carbocycles. The lowest BCUT2D eigenvalue weighted by atomic mass is 9.80. The molecule has 1 heterocycles. The second kappa shape index (κ2) is 6.98. The zero-order valence-electron chi connectivity index (χ0n) is 12.2. The van der Waals surface area contributed by atoms with Crippen molar-refractivity contribution >= 4 is 17.7 Å². The third-order valence-electron chi connectivity index (χ3n) is 4.40. The van der Waals surface area contributed by atoms with Gasteiger partial charge >= 0.3 is 5.97 Å². The third-order valence-corrected chi connectivity index (χ3v) is 5.96. The molecule has 2 fully saturated rings. The quantitative estimate of drug-likeness (QED) is 0.742. The van der Waals surface area contributed by atoms with Crippen LogP contribution in [-0.2, 0) is 14.3 Å². The molecule has 2 aliphatic rings. The number of hydrogen-bond acceptors (Lipinski definition) is 4. The fourth-order valence-corrected chi connectivity index (χ4v) is 4.60. The molecule has 0 aromatic rings. The van der Waals surface area contributed by atoms with E-state index in [0.717, 1.165) is 18.8 Å². The highest BCUT2D eigenvalue weighted by Gasteiger charge is 2.38. The summed E-state index contributed by atoms with van der Waals surface area (Å²) in [7, 11) is 1.47. The van der Waals surface area contributed by atoms with E-state index in [4.69, 9.17) is 9.47 Å². The second-order valence-electron chi connectivity index (χ2n) is 5.96. The van der Waals surface area contributed by atoms with E-state index in [1.54, 1.807) is 0 Å². The fourth-order valence-electron chi connectivity index (χ4n) is 3.22. The third kappa shape index (κ3) is 4.12. The Balaban J connectivity index is 1.79. The second-order valence-corrected chi connectivity index (χ2v) is 7.30. The van der Waals surface area contributed by atoms with E-state index >= 15 is 0 Å². The van der Waals surface area contributed by atoms with Crippen LogP contribution < -0.4 is 0 Å². The first-order valence-electron chi connectivity index (χ1n) is 7.49. The fraction of sp³-hybridized carbons (Fsp3) is 0.933. The predicted molar refractivity (Wildman–Crippen MR) is 78.4 cm³/mol. The van der Waals surface area contributed by atoms with Crippen molar-refractivity contribution in [1.82, 2.24) is 0 Å². The Morgan fingerprint density at radius 3 is 2.84 bits per heavy atom. The zero-order valence-corrected chi connectivity index (χ0v) is 13.0. The summed E-state index contributed by atoms with van der Waals surface area (Å²) in [5, 5.41) is 0.652. The van der Waals surface area contributed by atoms with Crippen molar-refractivity contribution < 1.29 is 14.3 Å². The van der Waals surface area contributed by atoms with E-state index in [9.17, 15) is 4.79 Å². The molecule has 1 saturated heterocycles. The van der Waals surface area contributed by atoms with E-state index in [1.165, 1.54) is 45.6 Å².